The Labute approximate surface area is 234 Å². The first-order valence-electron chi connectivity index (χ1n) is 13.4. The van der Waals surface area contributed by atoms with Gasteiger partial charge in [0.15, 0.2) is 0 Å². The summed E-state index contributed by atoms with van der Waals surface area (Å²) in [6.45, 7) is 10.8. The summed E-state index contributed by atoms with van der Waals surface area (Å²) in [6, 6.07) is 8.29. The number of carbonyl (C=O) groups excluding carboxylic acids is 4. The molecule has 3 heterocycles. The fourth-order valence-electron chi connectivity index (χ4n) is 4.69. The monoisotopic (exact) mass is 561 g/mol. The highest BCUT2D eigenvalue weighted by molar-refractivity contribution is 5.88. The lowest BCUT2D eigenvalue weighted by Gasteiger charge is -2.31. The van der Waals surface area contributed by atoms with Crippen molar-refractivity contribution < 1.29 is 38.3 Å². The Morgan fingerprint density at radius 3 is 2.00 bits per heavy atom. The third-order valence-corrected chi connectivity index (χ3v) is 6.42. The Hall–Kier alpha value is -3.58. The molecule has 3 saturated heterocycles. The van der Waals surface area contributed by atoms with Crippen molar-refractivity contribution in [2.45, 2.75) is 90.4 Å². The van der Waals surface area contributed by atoms with E-state index in [9.17, 15) is 19.2 Å². The number of hydrogen-bond acceptors (Lipinski definition) is 8. The van der Waals surface area contributed by atoms with E-state index in [2.05, 4.69) is 5.48 Å². The number of piperidine rings is 1. The number of nitrogens with zero attached hydrogens (tertiary/aromatic N) is 4. The molecule has 1 N–H and O–H groups in total. The minimum absolute atomic E-state index is 0.0507. The smallest absolute Gasteiger partial charge is 0.429 e. The number of hydrazine groups is 1. The Bertz CT molecular complexity index is 1070. The molecule has 3 fully saturated rings. The molecule has 13 nitrogen and oxygen atoms in total. The van der Waals surface area contributed by atoms with Crippen LogP contribution in [0.15, 0.2) is 30.3 Å². The van der Waals surface area contributed by atoms with Crippen molar-refractivity contribution in [1.82, 2.24) is 25.5 Å². The van der Waals surface area contributed by atoms with Gasteiger partial charge in [-0.2, -0.15) is 5.06 Å². The molecule has 1 aromatic rings. The predicted octanol–water partition coefficient (Wildman–Crippen LogP) is 3.21. The van der Waals surface area contributed by atoms with E-state index in [0.29, 0.717) is 19.4 Å². The first-order valence-corrected chi connectivity index (χ1v) is 13.4. The molecular formula is C27H39N5O8. The number of hydrogen-bond donors (Lipinski definition) is 1. The van der Waals surface area contributed by atoms with Crippen LogP contribution in [0.2, 0.25) is 0 Å². The molecule has 2 unspecified atom stereocenters. The number of hydroxylamine groups is 3. The van der Waals surface area contributed by atoms with Gasteiger partial charge in [-0.3, -0.25) is 14.5 Å². The highest BCUT2D eigenvalue weighted by atomic mass is 16.7. The molecule has 13 heteroatoms. The molecule has 0 aliphatic carbocycles. The summed E-state index contributed by atoms with van der Waals surface area (Å²) in [5, 5.41) is 3.57. The van der Waals surface area contributed by atoms with E-state index in [1.54, 1.807) is 41.5 Å². The molecule has 2 atom stereocenters. The van der Waals surface area contributed by atoms with E-state index >= 15 is 0 Å². The van der Waals surface area contributed by atoms with Gasteiger partial charge in [-0.25, -0.2) is 29.9 Å². The van der Waals surface area contributed by atoms with E-state index < -0.39 is 41.4 Å². The predicted molar refractivity (Wildman–Crippen MR) is 141 cm³/mol. The zero-order chi connectivity index (χ0) is 29.2. The van der Waals surface area contributed by atoms with Crippen molar-refractivity contribution in [3.05, 3.63) is 35.9 Å². The Kier molecular flexibility index (Phi) is 8.45. The summed E-state index contributed by atoms with van der Waals surface area (Å²) < 4.78 is 10.9. The Balaban J connectivity index is 1.34. The van der Waals surface area contributed by atoms with Crippen molar-refractivity contribution in [2.75, 3.05) is 19.6 Å². The van der Waals surface area contributed by atoms with E-state index in [1.807, 2.05) is 30.3 Å². The molecule has 2 bridgehead atoms. The van der Waals surface area contributed by atoms with Crippen LogP contribution >= 0.6 is 0 Å². The number of amides is 5. The summed E-state index contributed by atoms with van der Waals surface area (Å²) in [5.74, 6) is -0.490. The van der Waals surface area contributed by atoms with Crippen LogP contribution in [0.25, 0.3) is 0 Å². The summed E-state index contributed by atoms with van der Waals surface area (Å²) in [7, 11) is 0. The van der Waals surface area contributed by atoms with Crippen LogP contribution in [0, 0.1) is 0 Å². The van der Waals surface area contributed by atoms with Crippen LogP contribution in [0.3, 0.4) is 0 Å². The van der Waals surface area contributed by atoms with Crippen molar-refractivity contribution in [1.29, 1.82) is 0 Å². The molecule has 40 heavy (non-hydrogen) atoms. The maximum absolute atomic E-state index is 13.1. The number of carbonyl (C=O) groups is 4. The van der Waals surface area contributed by atoms with Gasteiger partial charge in [-0.1, -0.05) is 30.3 Å². The average molecular weight is 562 g/mol. The molecular weight excluding hydrogens is 522 g/mol. The molecule has 4 rings (SSSR count). The second-order valence-corrected chi connectivity index (χ2v) is 12.1. The van der Waals surface area contributed by atoms with E-state index in [-0.39, 0.29) is 31.8 Å². The van der Waals surface area contributed by atoms with E-state index in [0.717, 1.165) is 15.6 Å². The first kappa shape index (κ1) is 29.4. The molecule has 0 radical (unpaired) electrons. The first-order chi connectivity index (χ1) is 18.7. The van der Waals surface area contributed by atoms with Crippen LogP contribution in [0.5, 0.6) is 0 Å². The van der Waals surface area contributed by atoms with Crippen LogP contribution in [-0.4, -0.2) is 93.1 Å². The standard InChI is InChI=1S/C27H39N5O8/c1-26(2,3)38-24(35)30-15-20(16-31(30)25(36)39-27(4,5)6)40-28-22(33)21-13-12-19-14-29(21)23(34)32(19)37-17-18-10-8-7-9-11-18/h7-11,19-21H,12-17H2,1-6H3,(H,28,33). The van der Waals surface area contributed by atoms with E-state index in [4.69, 9.17) is 19.1 Å². The van der Waals surface area contributed by atoms with Gasteiger partial charge >= 0.3 is 18.2 Å². The number of benzene rings is 1. The zero-order valence-electron chi connectivity index (χ0n) is 23.9. The van der Waals surface area contributed by atoms with Crippen molar-refractivity contribution in [3.63, 3.8) is 0 Å². The molecule has 1 aromatic carbocycles. The van der Waals surface area contributed by atoms with Gasteiger partial charge in [0.2, 0.25) is 0 Å². The maximum atomic E-state index is 13.1. The quantitative estimate of drug-likeness (QED) is 0.524. The lowest BCUT2D eigenvalue weighted by atomic mass is 10.0. The van der Waals surface area contributed by atoms with Gasteiger partial charge in [0, 0.05) is 6.54 Å². The van der Waals surface area contributed by atoms with Crippen LogP contribution in [-0.2, 0) is 30.6 Å². The molecule has 3 aliphatic heterocycles. The Morgan fingerprint density at radius 2 is 1.45 bits per heavy atom. The van der Waals surface area contributed by atoms with Crippen molar-refractivity contribution >= 4 is 24.1 Å². The second-order valence-electron chi connectivity index (χ2n) is 12.1. The van der Waals surface area contributed by atoms with Gasteiger partial charge in [0.1, 0.15) is 30.0 Å². The molecule has 220 valence electrons. The van der Waals surface area contributed by atoms with Crippen LogP contribution in [0.1, 0.15) is 59.9 Å². The average Bonchev–Trinajstić information content (AvgIpc) is 3.40. The van der Waals surface area contributed by atoms with Gasteiger partial charge in [-0.15, -0.1) is 0 Å². The van der Waals surface area contributed by atoms with Crippen LogP contribution in [0.4, 0.5) is 14.4 Å². The third kappa shape index (κ3) is 7.13. The van der Waals surface area contributed by atoms with Crippen molar-refractivity contribution in [2.24, 2.45) is 0 Å². The molecule has 0 saturated carbocycles. The topological polar surface area (TPSA) is 130 Å². The van der Waals surface area contributed by atoms with Crippen LogP contribution < -0.4 is 5.48 Å². The number of ether oxygens (including phenoxy) is 2. The SMILES string of the molecule is CC(C)(C)OC(=O)N1CC(ONC(=O)C2CCC3CN2C(=O)N3OCc2ccccc2)CN1C(=O)OC(C)(C)C. The van der Waals surface area contributed by atoms with Gasteiger partial charge in [0.05, 0.1) is 19.1 Å². The fourth-order valence-corrected chi connectivity index (χ4v) is 4.69. The lowest BCUT2D eigenvalue weighted by Crippen LogP contribution is -2.50. The summed E-state index contributed by atoms with van der Waals surface area (Å²) in [6.07, 6.45) is -1.20. The summed E-state index contributed by atoms with van der Waals surface area (Å²) >= 11 is 0. The summed E-state index contributed by atoms with van der Waals surface area (Å²) in [5.41, 5.74) is 1.80. The summed E-state index contributed by atoms with van der Waals surface area (Å²) in [4.78, 5) is 64.7. The van der Waals surface area contributed by atoms with Crippen molar-refractivity contribution in [3.8, 4) is 0 Å². The molecule has 3 aliphatic rings. The molecule has 0 aromatic heterocycles. The highest BCUT2D eigenvalue weighted by Crippen LogP contribution is 2.31. The number of fused-ring (bicyclic) bond motifs is 2. The number of nitrogens with one attached hydrogen (secondary N) is 1. The maximum Gasteiger partial charge on any atom is 0.429 e. The van der Waals surface area contributed by atoms with Gasteiger partial charge < -0.3 is 14.4 Å². The number of rotatable bonds is 6. The lowest BCUT2D eigenvalue weighted by molar-refractivity contribution is -0.143. The number of urea groups is 1. The van der Waals surface area contributed by atoms with E-state index in [1.165, 1.54) is 9.96 Å². The largest absolute Gasteiger partial charge is 0.442 e. The highest BCUT2D eigenvalue weighted by Gasteiger charge is 2.48. The minimum Gasteiger partial charge on any atom is -0.442 e. The van der Waals surface area contributed by atoms with Gasteiger partial charge in [0.25, 0.3) is 5.91 Å². The zero-order valence-corrected chi connectivity index (χ0v) is 23.9. The minimum atomic E-state index is -0.788. The molecule has 5 amide bonds. The Morgan fingerprint density at radius 1 is 0.875 bits per heavy atom. The normalized spacial score (nSPS) is 21.6. The van der Waals surface area contributed by atoms with Gasteiger partial charge in [-0.05, 0) is 59.9 Å². The third-order valence-electron chi connectivity index (χ3n) is 6.42. The molecule has 0 spiro atoms. The second kappa shape index (κ2) is 11.5. The fraction of sp³-hybridized carbons (Fsp3) is 0.630.